The number of likely N-dealkylation sites (tertiary alicyclic amines) is 1. The van der Waals surface area contributed by atoms with E-state index < -0.39 is 0 Å². The second kappa shape index (κ2) is 5.85. The number of hydrogen-bond acceptors (Lipinski definition) is 4. The van der Waals surface area contributed by atoms with Crippen LogP contribution in [0.3, 0.4) is 0 Å². The molecule has 0 aromatic carbocycles. The molecule has 2 aromatic rings. The number of nitrogens with one attached hydrogen (secondary N) is 1. The molecule has 7 nitrogen and oxygen atoms in total. The number of nitrogens with zero attached hydrogens (tertiary/aromatic N) is 5. The fourth-order valence-electron chi connectivity index (χ4n) is 2.73. The van der Waals surface area contributed by atoms with E-state index in [0.717, 1.165) is 32.4 Å². The minimum atomic E-state index is -0.0485. The van der Waals surface area contributed by atoms with Crippen LogP contribution in [-0.4, -0.2) is 48.4 Å². The van der Waals surface area contributed by atoms with Crippen LogP contribution in [0.1, 0.15) is 36.3 Å². The van der Waals surface area contributed by atoms with Gasteiger partial charge >= 0.3 is 0 Å². The molecule has 7 heteroatoms. The fraction of sp³-hybridized carbons (Fsp3) is 0.538. The second-order valence-electron chi connectivity index (χ2n) is 5.04. The highest BCUT2D eigenvalue weighted by Gasteiger charge is 2.28. The van der Waals surface area contributed by atoms with Gasteiger partial charge in [0.15, 0.2) is 0 Å². The van der Waals surface area contributed by atoms with Gasteiger partial charge in [0.25, 0.3) is 5.91 Å². The number of aryl methyl sites for hydroxylation is 1. The fourth-order valence-corrected chi connectivity index (χ4v) is 2.73. The predicted molar refractivity (Wildman–Crippen MR) is 71.9 cm³/mol. The summed E-state index contributed by atoms with van der Waals surface area (Å²) >= 11 is 0. The summed E-state index contributed by atoms with van der Waals surface area (Å²) in [5.74, 6) is 0.281. The van der Waals surface area contributed by atoms with Gasteiger partial charge in [0.2, 0.25) is 5.82 Å². The average molecular weight is 274 g/mol. The van der Waals surface area contributed by atoms with Gasteiger partial charge in [-0.15, -0.1) is 0 Å². The van der Waals surface area contributed by atoms with Crippen molar-refractivity contribution in [3.63, 3.8) is 0 Å². The number of carbonyl (C=O) groups excluding carboxylic acids is 1. The summed E-state index contributed by atoms with van der Waals surface area (Å²) < 4.78 is 1.91. The molecule has 0 saturated carbocycles. The Balaban J connectivity index is 1.66. The second-order valence-corrected chi connectivity index (χ2v) is 5.04. The Labute approximate surface area is 117 Å². The zero-order valence-electron chi connectivity index (χ0n) is 11.3. The highest BCUT2D eigenvalue weighted by atomic mass is 16.2. The molecule has 0 unspecified atom stereocenters. The largest absolute Gasteiger partial charge is 0.333 e. The molecule has 20 heavy (non-hydrogen) atoms. The molecule has 0 spiro atoms. The molecule has 1 fully saturated rings. The molecular weight excluding hydrogens is 256 g/mol. The molecule has 1 aliphatic heterocycles. The summed E-state index contributed by atoms with van der Waals surface area (Å²) in [5.41, 5.74) is 0. The van der Waals surface area contributed by atoms with Crippen molar-refractivity contribution in [1.82, 2.24) is 29.9 Å². The molecule has 1 amide bonds. The van der Waals surface area contributed by atoms with Gasteiger partial charge in [0, 0.05) is 31.5 Å². The van der Waals surface area contributed by atoms with Crippen LogP contribution in [-0.2, 0) is 6.54 Å². The van der Waals surface area contributed by atoms with Gasteiger partial charge < -0.3 is 4.90 Å². The van der Waals surface area contributed by atoms with E-state index in [1.54, 1.807) is 6.20 Å². The molecule has 1 aliphatic rings. The highest BCUT2D eigenvalue weighted by molar-refractivity contribution is 5.90. The minimum absolute atomic E-state index is 0.0485. The third-order valence-corrected chi connectivity index (χ3v) is 3.76. The van der Waals surface area contributed by atoms with Crippen molar-refractivity contribution in [2.24, 2.45) is 0 Å². The van der Waals surface area contributed by atoms with Crippen molar-refractivity contribution in [3.05, 3.63) is 30.6 Å². The molecule has 0 radical (unpaired) electrons. The van der Waals surface area contributed by atoms with Crippen molar-refractivity contribution in [2.75, 3.05) is 6.54 Å². The first-order chi connectivity index (χ1) is 9.84. The van der Waals surface area contributed by atoms with Crippen molar-refractivity contribution in [1.29, 1.82) is 0 Å². The predicted octanol–water partition coefficient (Wildman–Crippen LogP) is 1.09. The van der Waals surface area contributed by atoms with Gasteiger partial charge in [-0.25, -0.2) is 4.98 Å². The van der Waals surface area contributed by atoms with Gasteiger partial charge in [-0.1, -0.05) is 0 Å². The Kier molecular flexibility index (Phi) is 3.76. The maximum Gasteiger partial charge on any atom is 0.291 e. The number of piperidine rings is 1. The Bertz CT molecular complexity index is 535. The number of aromatic nitrogens is 5. The van der Waals surface area contributed by atoms with Gasteiger partial charge in [-0.05, 0) is 31.7 Å². The van der Waals surface area contributed by atoms with E-state index in [0.29, 0.717) is 5.82 Å². The molecule has 106 valence electrons. The van der Waals surface area contributed by atoms with Gasteiger partial charge in [0.1, 0.15) is 6.33 Å². The molecule has 3 rings (SSSR count). The number of rotatable bonds is 4. The Morgan fingerprint density at radius 2 is 2.40 bits per heavy atom. The normalized spacial score (nSPS) is 19.2. The lowest BCUT2D eigenvalue weighted by Crippen LogP contribution is -2.44. The summed E-state index contributed by atoms with van der Waals surface area (Å²) in [6.07, 6.45) is 9.28. The maximum atomic E-state index is 12.4. The monoisotopic (exact) mass is 274 g/mol. The van der Waals surface area contributed by atoms with E-state index in [1.165, 1.54) is 12.7 Å². The molecule has 0 bridgehead atoms. The molecular formula is C13H18N6O. The zero-order chi connectivity index (χ0) is 13.8. The standard InChI is InChI=1S/C13H18N6O/c20-13(12-14-10-15-17-12)19-8-2-1-4-11(19)5-9-18-7-3-6-16-18/h3,6-7,10-11H,1-2,4-5,8-9H2,(H,14,15,17)/t11-/m0/s1. The van der Waals surface area contributed by atoms with Crippen LogP contribution in [0.25, 0.3) is 0 Å². The first-order valence-corrected chi connectivity index (χ1v) is 6.98. The Morgan fingerprint density at radius 3 is 3.15 bits per heavy atom. The quantitative estimate of drug-likeness (QED) is 0.905. The Hall–Kier alpha value is -2.18. The summed E-state index contributed by atoms with van der Waals surface area (Å²) in [6, 6.07) is 2.17. The van der Waals surface area contributed by atoms with Crippen LogP contribution in [0.2, 0.25) is 0 Å². The van der Waals surface area contributed by atoms with Crippen molar-refractivity contribution >= 4 is 5.91 Å². The van der Waals surface area contributed by atoms with Gasteiger partial charge in [0.05, 0.1) is 0 Å². The molecule has 0 aliphatic carbocycles. The molecule has 3 heterocycles. The van der Waals surface area contributed by atoms with Crippen LogP contribution in [0.5, 0.6) is 0 Å². The first kappa shape index (κ1) is 12.8. The van der Waals surface area contributed by atoms with Crippen molar-refractivity contribution in [2.45, 2.75) is 38.3 Å². The number of carbonyl (C=O) groups is 1. The molecule has 1 N–H and O–H groups in total. The third kappa shape index (κ3) is 2.71. The van der Waals surface area contributed by atoms with E-state index in [4.69, 9.17) is 0 Å². The lowest BCUT2D eigenvalue weighted by Gasteiger charge is -2.35. The lowest BCUT2D eigenvalue weighted by atomic mass is 9.99. The summed E-state index contributed by atoms with van der Waals surface area (Å²) in [6.45, 7) is 1.63. The summed E-state index contributed by atoms with van der Waals surface area (Å²) in [7, 11) is 0. The summed E-state index contributed by atoms with van der Waals surface area (Å²) in [5, 5.41) is 10.6. The van der Waals surface area contributed by atoms with E-state index in [9.17, 15) is 4.79 Å². The van der Waals surface area contributed by atoms with Gasteiger partial charge in [-0.2, -0.15) is 10.2 Å². The minimum Gasteiger partial charge on any atom is -0.333 e. The lowest BCUT2D eigenvalue weighted by molar-refractivity contribution is 0.0582. The smallest absolute Gasteiger partial charge is 0.291 e. The van der Waals surface area contributed by atoms with E-state index in [2.05, 4.69) is 20.3 Å². The molecule has 1 saturated heterocycles. The third-order valence-electron chi connectivity index (χ3n) is 3.76. The number of hydrogen-bond donors (Lipinski definition) is 1. The van der Waals surface area contributed by atoms with Gasteiger partial charge in [-0.3, -0.25) is 14.6 Å². The van der Waals surface area contributed by atoms with E-state index >= 15 is 0 Å². The van der Waals surface area contributed by atoms with Crippen molar-refractivity contribution in [3.8, 4) is 0 Å². The van der Waals surface area contributed by atoms with Crippen LogP contribution >= 0.6 is 0 Å². The number of aromatic amines is 1. The first-order valence-electron chi connectivity index (χ1n) is 6.98. The average Bonchev–Trinajstić information content (AvgIpc) is 3.18. The highest BCUT2D eigenvalue weighted by Crippen LogP contribution is 2.21. The van der Waals surface area contributed by atoms with Crippen LogP contribution in [0.15, 0.2) is 24.8 Å². The van der Waals surface area contributed by atoms with Crippen molar-refractivity contribution < 1.29 is 4.79 Å². The molecule has 2 aromatic heterocycles. The number of amides is 1. The SMILES string of the molecule is O=C(c1ncn[nH]1)N1CCCC[C@H]1CCn1cccn1. The van der Waals surface area contributed by atoms with Crippen LogP contribution in [0.4, 0.5) is 0 Å². The van der Waals surface area contributed by atoms with E-state index in [-0.39, 0.29) is 11.9 Å². The number of H-pyrrole nitrogens is 1. The van der Waals surface area contributed by atoms with Crippen LogP contribution < -0.4 is 0 Å². The Morgan fingerprint density at radius 1 is 1.45 bits per heavy atom. The summed E-state index contributed by atoms with van der Waals surface area (Å²) in [4.78, 5) is 18.3. The van der Waals surface area contributed by atoms with E-state index in [1.807, 2.05) is 21.8 Å². The topological polar surface area (TPSA) is 79.7 Å². The maximum absolute atomic E-state index is 12.4. The molecule has 1 atom stereocenters. The zero-order valence-corrected chi connectivity index (χ0v) is 11.3. The van der Waals surface area contributed by atoms with Crippen LogP contribution in [0, 0.1) is 0 Å².